The number of rotatable bonds is 3. The van der Waals surface area contributed by atoms with E-state index in [1.54, 1.807) is 0 Å². The lowest BCUT2D eigenvalue weighted by atomic mass is 10.1. The molecule has 1 saturated carbocycles. The van der Waals surface area contributed by atoms with E-state index in [4.69, 9.17) is 0 Å². The predicted octanol–water partition coefficient (Wildman–Crippen LogP) is 2.66. The Morgan fingerprint density at radius 1 is 1.25 bits per heavy atom. The number of aromatic nitrogens is 2. The van der Waals surface area contributed by atoms with Crippen LogP contribution >= 0.6 is 0 Å². The largest absolute Gasteiger partial charge is 0.366 e. The van der Waals surface area contributed by atoms with Gasteiger partial charge in [-0.3, -0.25) is 4.68 Å². The Bertz CT molecular complexity index is 483. The van der Waals surface area contributed by atoms with Gasteiger partial charge in [0.25, 0.3) is 0 Å². The van der Waals surface area contributed by atoms with Gasteiger partial charge in [0, 0.05) is 19.2 Å². The Labute approximate surface area is 95.1 Å². The van der Waals surface area contributed by atoms with Gasteiger partial charge in [0.2, 0.25) is 0 Å². The number of aryl methyl sites for hydroxylation is 1. The molecule has 1 aliphatic carbocycles. The minimum atomic E-state index is 0.651. The molecule has 1 fully saturated rings. The predicted molar refractivity (Wildman–Crippen MR) is 65.3 cm³/mol. The fraction of sp³-hybridized carbons (Fsp3) is 0.308. The maximum Gasteiger partial charge on any atom is 0.148 e. The maximum absolute atomic E-state index is 4.47. The van der Waals surface area contributed by atoms with Crippen molar-refractivity contribution in [3.8, 4) is 11.3 Å². The lowest BCUT2D eigenvalue weighted by Crippen LogP contribution is -2.01. The number of nitrogens with zero attached hydrogens (tertiary/aromatic N) is 2. The summed E-state index contributed by atoms with van der Waals surface area (Å²) in [5.74, 6) is 0.990. The second-order valence-corrected chi connectivity index (χ2v) is 4.32. The van der Waals surface area contributed by atoms with Gasteiger partial charge in [0.15, 0.2) is 0 Å². The second kappa shape index (κ2) is 3.67. The van der Waals surface area contributed by atoms with Crippen molar-refractivity contribution >= 4 is 5.82 Å². The second-order valence-electron chi connectivity index (χ2n) is 4.32. The number of nitrogens with one attached hydrogen (secondary N) is 1. The zero-order chi connectivity index (χ0) is 11.0. The summed E-state index contributed by atoms with van der Waals surface area (Å²) in [4.78, 5) is 0. The molecule has 1 aromatic heterocycles. The van der Waals surface area contributed by atoms with Crippen LogP contribution in [0, 0.1) is 0 Å². The maximum atomic E-state index is 4.47. The van der Waals surface area contributed by atoms with Crippen LogP contribution < -0.4 is 5.32 Å². The molecule has 0 unspecified atom stereocenters. The van der Waals surface area contributed by atoms with Crippen molar-refractivity contribution in [2.75, 3.05) is 5.32 Å². The Kier molecular flexibility index (Phi) is 2.17. The molecule has 0 amide bonds. The summed E-state index contributed by atoms with van der Waals surface area (Å²) in [6.45, 7) is 0. The van der Waals surface area contributed by atoms with Crippen LogP contribution in [0.2, 0.25) is 0 Å². The van der Waals surface area contributed by atoms with E-state index < -0.39 is 0 Å². The normalized spacial score (nSPS) is 15.1. The van der Waals surface area contributed by atoms with E-state index >= 15 is 0 Å². The number of benzene rings is 1. The highest BCUT2D eigenvalue weighted by molar-refractivity contribution is 5.63. The van der Waals surface area contributed by atoms with Crippen molar-refractivity contribution in [1.82, 2.24) is 9.78 Å². The Hall–Kier alpha value is -1.77. The molecule has 0 saturated heterocycles. The van der Waals surface area contributed by atoms with E-state index in [0.29, 0.717) is 6.04 Å². The smallest absolute Gasteiger partial charge is 0.148 e. The van der Waals surface area contributed by atoms with E-state index in [-0.39, 0.29) is 0 Å². The van der Waals surface area contributed by atoms with Crippen molar-refractivity contribution in [3.05, 3.63) is 36.4 Å². The molecular weight excluding hydrogens is 198 g/mol. The molecule has 1 aliphatic rings. The van der Waals surface area contributed by atoms with Crippen LogP contribution in [0.25, 0.3) is 11.3 Å². The first-order valence-electron chi connectivity index (χ1n) is 5.69. The summed E-state index contributed by atoms with van der Waals surface area (Å²) in [5, 5.41) is 7.89. The summed E-state index contributed by atoms with van der Waals surface area (Å²) < 4.78 is 1.93. The van der Waals surface area contributed by atoms with Crippen LogP contribution in [0.5, 0.6) is 0 Å². The van der Waals surface area contributed by atoms with Gasteiger partial charge in [-0.25, -0.2) is 0 Å². The summed E-state index contributed by atoms with van der Waals surface area (Å²) in [6, 6.07) is 13.1. The van der Waals surface area contributed by atoms with Gasteiger partial charge in [0.1, 0.15) is 5.82 Å². The summed E-state index contributed by atoms with van der Waals surface area (Å²) in [7, 11) is 1.99. The Morgan fingerprint density at radius 3 is 2.69 bits per heavy atom. The molecule has 0 bridgehead atoms. The summed E-state index contributed by atoms with van der Waals surface area (Å²) in [6.07, 6.45) is 2.55. The van der Waals surface area contributed by atoms with Gasteiger partial charge in [-0.1, -0.05) is 30.3 Å². The molecule has 0 aliphatic heterocycles. The van der Waals surface area contributed by atoms with E-state index in [9.17, 15) is 0 Å². The standard InChI is InChI=1S/C13H15N3/c1-16-12(10-5-3-2-4-6-10)9-13(15-16)14-11-7-8-11/h2-6,9,11H,7-8H2,1H3,(H,14,15). The van der Waals surface area contributed by atoms with Crippen LogP contribution in [0.3, 0.4) is 0 Å². The molecule has 0 radical (unpaired) electrons. The summed E-state index contributed by atoms with van der Waals surface area (Å²) in [5.41, 5.74) is 2.37. The molecule has 1 aromatic carbocycles. The first-order chi connectivity index (χ1) is 7.83. The van der Waals surface area contributed by atoms with E-state index in [0.717, 1.165) is 11.5 Å². The van der Waals surface area contributed by atoms with E-state index in [1.807, 2.05) is 17.8 Å². The first-order valence-corrected chi connectivity index (χ1v) is 5.69. The third-order valence-electron chi connectivity index (χ3n) is 2.88. The van der Waals surface area contributed by atoms with Crippen molar-refractivity contribution in [2.24, 2.45) is 7.05 Å². The SMILES string of the molecule is Cn1nc(NC2CC2)cc1-c1ccccc1. The van der Waals surface area contributed by atoms with E-state index in [1.165, 1.54) is 18.4 Å². The average molecular weight is 213 g/mol. The fourth-order valence-electron chi connectivity index (χ4n) is 1.85. The quantitative estimate of drug-likeness (QED) is 0.849. The lowest BCUT2D eigenvalue weighted by Gasteiger charge is -1.99. The van der Waals surface area contributed by atoms with Crippen LogP contribution in [0.4, 0.5) is 5.82 Å². The highest BCUT2D eigenvalue weighted by Crippen LogP contribution is 2.27. The van der Waals surface area contributed by atoms with Crippen LogP contribution in [-0.2, 0) is 7.05 Å². The molecule has 82 valence electrons. The van der Waals surface area contributed by atoms with Crippen LogP contribution in [0.15, 0.2) is 36.4 Å². The molecular formula is C13H15N3. The zero-order valence-electron chi connectivity index (χ0n) is 9.35. The lowest BCUT2D eigenvalue weighted by molar-refractivity contribution is 0.776. The van der Waals surface area contributed by atoms with E-state index in [2.05, 4.69) is 40.7 Å². The molecule has 1 N–H and O–H groups in total. The third kappa shape index (κ3) is 1.81. The number of hydrogen-bond acceptors (Lipinski definition) is 2. The molecule has 3 nitrogen and oxygen atoms in total. The van der Waals surface area contributed by atoms with Gasteiger partial charge in [-0.05, 0) is 18.4 Å². The summed E-state index contributed by atoms with van der Waals surface area (Å²) >= 11 is 0. The zero-order valence-corrected chi connectivity index (χ0v) is 9.35. The van der Waals surface area contributed by atoms with Gasteiger partial charge in [-0.15, -0.1) is 0 Å². The average Bonchev–Trinajstić information content (AvgIpc) is 3.03. The Balaban J connectivity index is 1.91. The highest BCUT2D eigenvalue weighted by Gasteiger charge is 2.22. The minimum absolute atomic E-state index is 0.651. The van der Waals surface area contributed by atoms with Gasteiger partial charge < -0.3 is 5.32 Å². The van der Waals surface area contributed by atoms with Crippen molar-refractivity contribution < 1.29 is 0 Å². The minimum Gasteiger partial charge on any atom is -0.366 e. The highest BCUT2D eigenvalue weighted by atomic mass is 15.3. The molecule has 0 spiro atoms. The van der Waals surface area contributed by atoms with Crippen molar-refractivity contribution in [1.29, 1.82) is 0 Å². The van der Waals surface area contributed by atoms with Gasteiger partial charge in [0.05, 0.1) is 5.69 Å². The Morgan fingerprint density at radius 2 is 2.00 bits per heavy atom. The molecule has 3 rings (SSSR count). The van der Waals surface area contributed by atoms with Crippen molar-refractivity contribution in [2.45, 2.75) is 18.9 Å². The molecule has 1 heterocycles. The third-order valence-corrected chi connectivity index (χ3v) is 2.88. The van der Waals surface area contributed by atoms with Crippen LogP contribution in [0.1, 0.15) is 12.8 Å². The molecule has 2 aromatic rings. The molecule has 16 heavy (non-hydrogen) atoms. The van der Waals surface area contributed by atoms with Crippen LogP contribution in [-0.4, -0.2) is 15.8 Å². The number of anilines is 1. The topological polar surface area (TPSA) is 29.9 Å². The first kappa shape index (κ1) is 9.46. The van der Waals surface area contributed by atoms with Crippen molar-refractivity contribution in [3.63, 3.8) is 0 Å². The fourth-order valence-corrected chi connectivity index (χ4v) is 1.85. The molecule has 0 atom stereocenters. The van der Waals surface area contributed by atoms with Gasteiger partial charge in [-0.2, -0.15) is 5.10 Å². The number of hydrogen-bond donors (Lipinski definition) is 1. The molecule has 3 heteroatoms. The van der Waals surface area contributed by atoms with Gasteiger partial charge >= 0.3 is 0 Å². The monoisotopic (exact) mass is 213 g/mol.